The Kier molecular flexibility index (Phi) is 5.85. The first-order valence-electron chi connectivity index (χ1n) is 9.39. The highest BCUT2D eigenvalue weighted by molar-refractivity contribution is 5.41. The van der Waals surface area contributed by atoms with Crippen LogP contribution in [0, 0.1) is 22.0 Å². The molecule has 0 saturated carbocycles. The summed E-state index contributed by atoms with van der Waals surface area (Å²) >= 11 is 0. The molecule has 2 N–H and O–H groups in total. The third-order valence-corrected chi connectivity index (χ3v) is 5.70. The van der Waals surface area contributed by atoms with E-state index in [-0.39, 0.29) is 10.6 Å². The van der Waals surface area contributed by atoms with E-state index in [0.29, 0.717) is 12.0 Å². The SMILES string of the molecule is CCCNC(C1CCNCC1)C1CCc2ccc([N+](=O)[O-])cc2C1. The number of rotatable bonds is 6. The first-order valence-corrected chi connectivity index (χ1v) is 9.39. The van der Waals surface area contributed by atoms with Crippen molar-refractivity contribution >= 4 is 5.69 Å². The van der Waals surface area contributed by atoms with Crippen LogP contribution in [0.5, 0.6) is 0 Å². The Morgan fingerprint density at radius 2 is 2.04 bits per heavy atom. The van der Waals surface area contributed by atoms with E-state index in [1.54, 1.807) is 12.1 Å². The zero-order valence-electron chi connectivity index (χ0n) is 14.6. The molecule has 1 saturated heterocycles. The Morgan fingerprint density at radius 3 is 2.75 bits per heavy atom. The van der Waals surface area contributed by atoms with Crippen LogP contribution in [0.2, 0.25) is 0 Å². The van der Waals surface area contributed by atoms with Crippen LogP contribution in [0.25, 0.3) is 0 Å². The first-order chi connectivity index (χ1) is 11.7. The van der Waals surface area contributed by atoms with Gasteiger partial charge in [-0.25, -0.2) is 0 Å². The van der Waals surface area contributed by atoms with Crippen LogP contribution < -0.4 is 10.6 Å². The number of hydrogen-bond donors (Lipinski definition) is 2. The molecule has 1 fully saturated rings. The third kappa shape index (κ3) is 3.95. The van der Waals surface area contributed by atoms with E-state index >= 15 is 0 Å². The van der Waals surface area contributed by atoms with Crippen LogP contribution in [-0.4, -0.2) is 30.6 Å². The zero-order chi connectivity index (χ0) is 16.9. The Hall–Kier alpha value is -1.46. The van der Waals surface area contributed by atoms with Gasteiger partial charge < -0.3 is 10.6 Å². The monoisotopic (exact) mass is 331 g/mol. The van der Waals surface area contributed by atoms with Gasteiger partial charge in [-0.15, -0.1) is 0 Å². The molecule has 2 atom stereocenters. The summed E-state index contributed by atoms with van der Waals surface area (Å²) in [6.45, 7) is 5.51. The normalized spacial score (nSPS) is 22.8. The highest BCUT2D eigenvalue weighted by Gasteiger charge is 2.32. The van der Waals surface area contributed by atoms with Crippen molar-refractivity contribution in [1.29, 1.82) is 0 Å². The maximum absolute atomic E-state index is 11.1. The lowest BCUT2D eigenvalue weighted by molar-refractivity contribution is -0.384. The summed E-state index contributed by atoms with van der Waals surface area (Å²) in [7, 11) is 0. The molecule has 0 spiro atoms. The van der Waals surface area contributed by atoms with E-state index in [1.807, 2.05) is 6.07 Å². The number of piperidine rings is 1. The lowest BCUT2D eigenvalue weighted by Gasteiger charge is -2.39. The van der Waals surface area contributed by atoms with Gasteiger partial charge in [0.15, 0.2) is 0 Å². The molecule has 5 heteroatoms. The molecule has 2 unspecified atom stereocenters. The van der Waals surface area contributed by atoms with Gasteiger partial charge in [0.25, 0.3) is 5.69 Å². The molecule has 0 amide bonds. The summed E-state index contributed by atoms with van der Waals surface area (Å²) in [6.07, 6.45) is 6.83. The molecule has 0 radical (unpaired) electrons. The summed E-state index contributed by atoms with van der Waals surface area (Å²) in [4.78, 5) is 10.8. The number of nitrogens with zero attached hydrogens (tertiary/aromatic N) is 1. The van der Waals surface area contributed by atoms with Crippen molar-refractivity contribution < 1.29 is 4.92 Å². The summed E-state index contributed by atoms with van der Waals surface area (Å²) in [5.74, 6) is 1.32. The van der Waals surface area contributed by atoms with Gasteiger partial charge in [-0.2, -0.15) is 0 Å². The van der Waals surface area contributed by atoms with Crippen LogP contribution in [0.1, 0.15) is 43.7 Å². The summed E-state index contributed by atoms with van der Waals surface area (Å²) in [6, 6.07) is 5.96. The molecule has 132 valence electrons. The molecule has 1 heterocycles. The van der Waals surface area contributed by atoms with Gasteiger partial charge in [0.2, 0.25) is 0 Å². The van der Waals surface area contributed by atoms with Gasteiger partial charge in [0.1, 0.15) is 0 Å². The van der Waals surface area contributed by atoms with Crippen molar-refractivity contribution in [2.24, 2.45) is 11.8 Å². The molecule has 24 heavy (non-hydrogen) atoms. The Labute approximate surface area is 144 Å². The minimum Gasteiger partial charge on any atom is -0.317 e. The molecule has 0 aromatic heterocycles. The van der Waals surface area contributed by atoms with Gasteiger partial charge in [0.05, 0.1) is 4.92 Å². The minimum atomic E-state index is -0.274. The predicted molar refractivity (Wildman–Crippen MR) is 96.3 cm³/mol. The van der Waals surface area contributed by atoms with Crippen molar-refractivity contribution in [3.8, 4) is 0 Å². The number of nitro benzene ring substituents is 1. The molecule has 1 aromatic carbocycles. The van der Waals surface area contributed by atoms with Gasteiger partial charge in [-0.05, 0) is 81.1 Å². The third-order valence-electron chi connectivity index (χ3n) is 5.70. The second kappa shape index (κ2) is 8.08. The van der Waals surface area contributed by atoms with Crippen molar-refractivity contribution in [2.75, 3.05) is 19.6 Å². The smallest absolute Gasteiger partial charge is 0.269 e. The highest BCUT2D eigenvalue weighted by Crippen LogP contribution is 2.34. The molecule has 1 aliphatic heterocycles. The van der Waals surface area contributed by atoms with Crippen LogP contribution >= 0.6 is 0 Å². The van der Waals surface area contributed by atoms with E-state index in [9.17, 15) is 10.1 Å². The fourth-order valence-corrected chi connectivity index (χ4v) is 4.42. The Bertz CT molecular complexity index is 570. The van der Waals surface area contributed by atoms with Gasteiger partial charge in [-0.3, -0.25) is 10.1 Å². The molecule has 3 rings (SSSR count). The topological polar surface area (TPSA) is 67.2 Å². The zero-order valence-corrected chi connectivity index (χ0v) is 14.6. The van der Waals surface area contributed by atoms with Crippen molar-refractivity contribution in [3.05, 3.63) is 39.4 Å². The van der Waals surface area contributed by atoms with E-state index in [0.717, 1.165) is 44.8 Å². The van der Waals surface area contributed by atoms with Crippen LogP contribution in [0.4, 0.5) is 5.69 Å². The second-order valence-corrected chi connectivity index (χ2v) is 7.28. The van der Waals surface area contributed by atoms with Crippen LogP contribution in [0.3, 0.4) is 0 Å². The fourth-order valence-electron chi connectivity index (χ4n) is 4.42. The number of non-ortho nitro benzene ring substituents is 1. The van der Waals surface area contributed by atoms with Crippen LogP contribution in [-0.2, 0) is 12.8 Å². The average Bonchev–Trinajstić information content (AvgIpc) is 2.62. The standard InChI is InChI=1S/C19H29N3O2/c1-2-9-21-19(15-7-10-20-11-8-15)16-4-3-14-5-6-18(22(23)24)13-17(14)12-16/h5-6,13,15-16,19-21H,2-4,7-12H2,1H3. The molecular weight excluding hydrogens is 302 g/mol. The number of nitrogens with one attached hydrogen (secondary N) is 2. The average molecular weight is 331 g/mol. The molecule has 5 nitrogen and oxygen atoms in total. The molecule has 1 aliphatic carbocycles. The Morgan fingerprint density at radius 1 is 1.25 bits per heavy atom. The van der Waals surface area contributed by atoms with E-state index in [1.165, 1.54) is 30.4 Å². The number of hydrogen-bond acceptors (Lipinski definition) is 4. The summed E-state index contributed by atoms with van der Waals surface area (Å²) in [5.41, 5.74) is 2.73. The quantitative estimate of drug-likeness (QED) is 0.621. The predicted octanol–water partition coefficient (Wildman–Crippen LogP) is 3.07. The van der Waals surface area contributed by atoms with Gasteiger partial charge in [-0.1, -0.05) is 13.0 Å². The van der Waals surface area contributed by atoms with Crippen molar-refractivity contribution in [1.82, 2.24) is 10.6 Å². The molecule has 1 aromatic rings. The first kappa shape index (κ1) is 17.4. The largest absolute Gasteiger partial charge is 0.317 e. The lowest BCUT2D eigenvalue weighted by Crippen LogP contribution is -2.47. The number of benzene rings is 1. The van der Waals surface area contributed by atoms with E-state index in [2.05, 4.69) is 17.6 Å². The van der Waals surface area contributed by atoms with E-state index in [4.69, 9.17) is 0 Å². The minimum absolute atomic E-state index is 0.231. The van der Waals surface area contributed by atoms with Crippen molar-refractivity contribution in [2.45, 2.75) is 51.5 Å². The second-order valence-electron chi connectivity index (χ2n) is 7.28. The maximum atomic E-state index is 11.1. The number of fused-ring (bicyclic) bond motifs is 1. The Balaban J connectivity index is 1.76. The van der Waals surface area contributed by atoms with Crippen molar-refractivity contribution in [3.63, 3.8) is 0 Å². The highest BCUT2D eigenvalue weighted by atomic mass is 16.6. The van der Waals surface area contributed by atoms with E-state index < -0.39 is 0 Å². The summed E-state index contributed by atoms with van der Waals surface area (Å²) in [5, 5.41) is 18.4. The van der Waals surface area contributed by atoms with Crippen LogP contribution in [0.15, 0.2) is 18.2 Å². The molecule has 0 bridgehead atoms. The molecule has 2 aliphatic rings. The lowest BCUT2D eigenvalue weighted by atomic mass is 9.74. The molecular formula is C19H29N3O2. The summed E-state index contributed by atoms with van der Waals surface area (Å²) < 4.78 is 0. The van der Waals surface area contributed by atoms with Gasteiger partial charge in [0, 0.05) is 18.2 Å². The number of nitro groups is 1. The number of aryl methyl sites for hydroxylation is 1. The fraction of sp³-hybridized carbons (Fsp3) is 0.684. The van der Waals surface area contributed by atoms with Gasteiger partial charge >= 0.3 is 0 Å². The maximum Gasteiger partial charge on any atom is 0.269 e.